The second kappa shape index (κ2) is 10.2. The predicted octanol–water partition coefficient (Wildman–Crippen LogP) is 6.03. The quantitative estimate of drug-likeness (QED) is 0.275. The first kappa shape index (κ1) is 25.9. The Morgan fingerprint density at radius 2 is 1.90 bits per heavy atom. The van der Waals surface area contributed by atoms with Gasteiger partial charge in [-0.2, -0.15) is 5.26 Å². The van der Waals surface area contributed by atoms with E-state index in [0.29, 0.717) is 34.6 Å². The van der Waals surface area contributed by atoms with E-state index in [1.165, 1.54) is 30.7 Å². The van der Waals surface area contributed by atoms with Crippen molar-refractivity contribution < 1.29 is 18.0 Å². The van der Waals surface area contributed by atoms with Crippen molar-refractivity contribution in [2.45, 2.75) is 38.5 Å². The number of nitrogens with zero attached hydrogens (tertiary/aromatic N) is 5. The summed E-state index contributed by atoms with van der Waals surface area (Å²) >= 11 is 0. The first-order valence-corrected chi connectivity index (χ1v) is 12.2. The average Bonchev–Trinajstić information content (AvgIpc) is 3.42. The predicted molar refractivity (Wildman–Crippen MR) is 139 cm³/mol. The van der Waals surface area contributed by atoms with Crippen LogP contribution in [0.25, 0.3) is 11.3 Å². The molecule has 4 aromatic rings. The Labute approximate surface area is 222 Å². The minimum absolute atomic E-state index is 0.00350. The van der Waals surface area contributed by atoms with Crippen molar-refractivity contribution in [2.75, 3.05) is 0 Å². The summed E-state index contributed by atoms with van der Waals surface area (Å²) in [5, 5.41) is 9.39. The number of pyridine rings is 1. The van der Waals surface area contributed by atoms with Crippen LogP contribution >= 0.6 is 0 Å². The van der Waals surface area contributed by atoms with E-state index in [-0.39, 0.29) is 23.1 Å². The van der Waals surface area contributed by atoms with Gasteiger partial charge in [0.15, 0.2) is 5.78 Å². The Morgan fingerprint density at radius 1 is 1.08 bits per heavy atom. The number of halogens is 3. The third-order valence-electron chi connectivity index (χ3n) is 6.73. The molecule has 39 heavy (non-hydrogen) atoms. The fourth-order valence-electron chi connectivity index (χ4n) is 4.48. The molecule has 0 fully saturated rings. The van der Waals surface area contributed by atoms with Crippen LogP contribution in [-0.4, -0.2) is 26.9 Å². The average molecular weight is 526 g/mol. The topological polar surface area (TPSA) is 91.9 Å². The summed E-state index contributed by atoms with van der Waals surface area (Å²) in [5.74, 6) is -2.90. The monoisotopic (exact) mass is 525 g/mol. The molecule has 0 N–H and O–H groups in total. The van der Waals surface area contributed by atoms with Gasteiger partial charge in [-0.3, -0.25) is 14.8 Å². The van der Waals surface area contributed by atoms with Gasteiger partial charge >= 0.3 is 0 Å². The number of rotatable bonds is 7. The second-order valence-electron chi connectivity index (χ2n) is 9.77. The van der Waals surface area contributed by atoms with Crippen LogP contribution in [-0.2, 0) is 24.7 Å². The maximum Gasteiger partial charge on any atom is 0.167 e. The van der Waals surface area contributed by atoms with Gasteiger partial charge in [-0.15, -0.1) is 0 Å². The Morgan fingerprint density at radius 3 is 2.69 bits per heavy atom. The van der Waals surface area contributed by atoms with Crippen LogP contribution in [0.2, 0.25) is 0 Å². The Balaban J connectivity index is 1.47. The lowest BCUT2D eigenvalue weighted by atomic mass is 9.84. The maximum absolute atomic E-state index is 15.7. The summed E-state index contributed by atoms with van der Waals surface area (Å²) in [6.45, 7) is 3.21. The number of carbonyl (C=O) groups excluding carboxylic acids is 1. The largest absolute Gasteiger partial charge is 0.294 e. The van der Waals surface area contributed by atoms with Crippen LogP contribution in [0.1, 0.15) is 52.3 Å². The number of hydrogen-bond acceptors (Lipinski definition) is 6. The van der Waals surface area contributed by atoms with Crippen LogP contribution in [0.4, 0.5) is 18.9 Å². The van der Waals surface area contributed by atoms with Gasteiger partial charge in [0.1, 0.15) is 35.2 Å². The van der Waals surface area contributed by atoms with E-state index in [4.69, 9.17) is 0 Å². The van der Waals surface area contributed by atoms with Gasteiger partial charge in [0.2, 0.25) is 0 Å². The lowest BCUT2D eigenvalue weighted by Crippen LogP contribution is -2.16. The van der Waals surface area contributed by atoms with Gasteiger partial charge in [-0.1, -0.05) is 6.07 Å². The first-order valence-electron chi connectivity index (χ1n) is 12.2. The molecule has 2 aromatic heterocycles. The third kappa shape index (κ3) is 5.06. The second-order valence-corrected chi connectivity index (χ2v) is 9.77. The molecule has 3 heterocycles. The van der Waals surface area contributed by atoms with Crippen LogP contribution in [0.3, 0.4) is 0 Å². The lowest BCUT2D eigenvalue weighted by Gasteiger charge is -2.17. The molecule has 9 heteroatoms. The number of carbonyl (C=O) groups is 1. The molecule has 1 aliphatic heterocycles. The van der Waals surface area contributed by atoms with E-state index in [0.717, 1.165) is 17.8 Å². The van der Waals surface area contributed by atoms with Gasteiger partial charge in [0.25, 0.3) is 0 Å². The molecular weight excluding hydrogens is 503 g/mol. The van der Waals surface area contributed by atoms with Gasteiger partial charge in [0, 0.05) is 48.4 Å². The highest BCUT2D eigenvalue weighted by atomic mass is 19.1. The number of fused-ring (bicyclic) bond motifs is 1. The summed E-state index contributed by atoms with van der Waals surface area (Å²) in [6, 6.07) is 11.5. The number of benzene rings is 2. The molecule has 0 radical (unpaired) electrons. The van der Waals surface area contributed by atoms with Crippen molar-refractivity contribution in [3.05, 3.63) is 106 Å². The van der Waals surface area contributed by atoms with E-state index in [1.807, 2.05) is 0 Å². The molecule has 0 bridgehead atoms. The van der Waals surface area contributed by atoms with Crippen LogP contribution in [0.15, 0.2) is 60.0 Å². The minimum atomic E-state index is -1.03. The number of hydrogen-bond donors (Lipinski definition) is 0. The first-order chi connectivity index (χ1) is 18.7. The van der Waals surface area contributed by atoms with Crippen LogP contribution in [0.5, 0.6) is 0 Å². The fourth-order valence-corrected chi connectivity index (χ4v) is 4.48. The van der Waals surface area contributed by atoms with E-state index >= 15 is 4.39 Å². The minimum Gasteiger partial charge on any atom is -0.294 e. The van der Waals surface area contributed by atoms with Gasteiger partial charge < -0.3 is 0 Å². The van der Waals surface area contributed by atoms with Gasteiger partial charge in [0.05, 0.1) is 22.9 Å². The Bertz CT molecular complexity index is 1690. The highest BCUT2D eigenvalue weighted by molar-refractivity contribution is 5.97. The van der Waals surface area contributed by atoms with Crippen molar-refractivity contribution in [3.63, 3.8) is 0 Å². The van der Waals surface area contributed by atoms with E-state index in [1.54, 1.807) is 32.2 Å². The van der Waals surface area contributed by atoms with Gasteiger partial charge in [-0.05, 0) is 61.4 Å². The van der Waals surface area contributed by atoms with Crippen molar-refractivity contribution in [2.24, 2.45) is 4.99 Å². The fraction of sp³-hybridized carbons (Fsp3) is 0.200. The number of aromatic nitrogens is 3. The van der Waals surface area contributed by atoms with E-state index < -0.39 is 35.1 Å². The number of Topliss-reactive ketones (excluding diaryl/α,β-unsaturated/α-hetero) is 1. The van der Waals surface area contributed by atoms with E-state index in [2.05, 4.69) is 26.0 Å². The SMILES string of the molecule is CC(C)(C#N)c1cc(F)cc(C(=O)Cc2ccc(F)c(Cc3ncccc3-c3ncnc4c3N=CC4)c2F)c1. The summed E-state index contributed by atoms with van der Waals surface area (Å²) in [6.07, 6.45) is 4.62. The molecule has 0 saturated carbocycles. The Hall–Kier alpha value is -4.71. The van der Waals surface area contributed by atoms with Crippen LogP contribution in [0, 0.1) is 28.8 Å². The third-order valence-corrected chi connectivity index (χ3v) is 6.73. The molecule has 0 aliphatic carbocycles. The molecule has 0 unspecified atom stereocenters. The van der Waals surface area contributed by atoms with E-state index in [9.17, 15) is 18.8 Å². The molecule has 0 spiro atoms. The van der Waals surface area contributed by atoms with Gasteiger partial charge in [-0.25, -0.2) is 23.1 Å². The van der Waals surface area contributed by atoms with Crippen LogP contribution < -0.4 is 0 Å². The lowest BCUT2D eigenvalue weighted by molar-refractivity contribution is 0.0991. The number of nitriles is 1. The number of ketones is 1. The molecule has 2 aromatic carbocycles. The number of aliphatic imine (C=N–C) groups is 1. The molecule has 194 valence electrons. The maximum atomic E-state index is 15.7. The highest BCUT2D eigenvalue weighted by Gasteiger charge is 2.24. The van der Waals surface area contributed by atoms with Crippen molar-refractivity contribution in [1.29, 1.82) is 5.26 Å². The zero-order chi connectivity index (χ0) is 27.7. The standard InChI is InChI=1S/C30H22F3N5O/c1-30(2,15-34)19-10-18(11-20(31)13-19)26(39)12-17-5-6-23(32)22(27(17)33)14-25-21(4-3-8-35-25)28-29-24(7-9-36-29)37-16-38-28/h3-6,8-11,13,16H,7,12,14H2,1-2H3. The molecule has 0 saturated heterocycles. The Kier molecular flexibility index (Phi) is 6.79. The molecule has 1 aliphatic rings. The smallest absolute Gasteiger partial charge is 0.167 e. The summed E-state index contributed by atoms with van der Waals surface area (Å²) in [4.78, 5) is 30.3. The summed E-state index contributed by atoms with van der Waals surface area (Å²) < 4.78 is 44.9. The molecular formula is C30H22F3N5O. The van der Waals surface area contributed by atoms with Crippen molar-refractivity contribution in [1.82, 2.24) is 15.0 Å². The summed E-state index contributed by atoms with van der Waals surface area (Å²) in [5.41, 5.74) is 1.85. The summed E-state index contributed by atoms with van der Waals surface area (Å²) in [7, 11) is 0. The molecule has 5 rings (SSSR count). The zero-order valence-corrected chi connectivity index (χ0v) is 21.2. The zero-order valence-electron chi connectivity index (χ0n) is 21.2. The van der Waals surface area contributed by atoms with Crippen molar-refractivity contribution >= 4 is 17.7 Å². The van der Waals surface area contributed by atoms with Crippen molar-refractivity contribution in [3.8, 4) is 17.3 Å². The molecule has 0 atom stereocenters. The highest BCUT2D eigenvalue weighted by Crippen LogP contribution is 2.35. The molecule has 6 nitrogen and oxygen atoms in total. The normalized spacial score (nSPS) is 12.3. The molecule has 0 amide bonds.